The average Bonchev–Trinajstić information content (AvgIpc) is 3.00. The second-order valence-corrected chi connectivity index (χ2v) is 7.19. The van der Waals surface area contributed by atoms with E-state index in [1.165, 1.54) is 6.07 Å². The molecule has 0 aliphatic carbocycles. The van der Waals surface area contributed by atoms with Gasteiger partial charge in [-0.25, -0.2) is 4.98 Å². The molecule has 0 unspecified atom stereocenters. The molecule has 0 spiro atoms. The zero-order chi connectivity index (χ0) is 18.0. The maximum Gasteiger partial charge on any atom is 0.275 e. The monoisotopic (exact) mass is 357 g/mol. The van der Waals surface area contributed by atoms with Crippen LogP contribution in [0.2, 0.25) is 0 Å². The molecule has 1 saturated heterocycles. The third-order valence-corrected chi connectivity index (χ3v) is 5.27. The molecule has 1 aromatic carbocycles. The van der Waals surface area contributed by atoms with Crippen LogP contribution in [0.15, 0.2) is 17.5 Å². The highest BCUT2D eigenvalue weighted by Crippen LogP contribution is 2.31. The van der Waals surface area contributed by atoms with Crippen LogP contribution in [-0.4, -0.2) is 41.0 Å². The van der Waals surface area contributed by atoms with Crippen LogP contribution in [0.3, 0.4) is 0 Å². The molecule has 0 saturated carbocycles. The van der Waals surface area contributed by atoms with Crippen LogP contribution in [-0.2, 0) is 6.54 Å². The average molecular weight is 357 g/mol. The van der Waals surface area contributed by atoms with Gasteiger partial charge in [0.05, 0.1) is 32.8 Å². The normalized spacial score (nSPS) is 15.2. The highest BCUT2D eigenvalue weighted by molar-refractivity contribution is 7.09. The lowest BCUT2D eigenvalue weighted by Gasteiger charge is -2.36. The zero-order valence-electron chi connectivity index (χ0n) is 14.2. The van der Waals surface area contributed by atoms with Crippen LogP contribution in [0.4, 0.5) is 11.4 Å². The fourth-order valence-corrected chi connectivity index (χ4v) is 3.73. The lowest BCUT2D eigenvalue weighted by molar-refractivity contribution is -0.385. The van der Waals surface area contributed by atoms with Crippen LogP contribution in [0.5, 0.6) is 0 Å². The Morgan fingerprint density at radius 3 is 2.60 bits per heavy atom. The van der Waals surface area contributed by atoms with Crippen molar-refractivity contribution in [2.75, 3.05) is 31.1 Å². The first-order chi connectivity index (χ1) is 12.0. The molecule has 25 heavy (non-hydrogen) atoms. The molecule has 0 N–H and O–H groups in total. The number of nitriles is 1. The van der Waals surface area contributed by atoms with Crippen LogP contribution >= 0.6 is 11.3 Å². The van der Waals surface area contributed by atoms with E-state index in [1.54, 1.807) is 24.3 Å². The van der Waals surface area contributed by atoms with Crippen molar-refractivity contribution in [2.24, 2.45) is 0 Å². The second-order valence-electron chi connectivity index (χ2n) is 6.13. The number of nitrogens with zero attached hydrogens (tertiary/aromatic N) is 5. The molecule has 7 nitrogen and oxygen atoms in total. The maximum absolute atomic E-state index is 11.2. The minimum Gasteiger partial charge on any atom is -0.369 e. The molecule has 0 radical (unpaired) electrons. The molecule has 130 valence electrons. The minimum absolute atomic E-state index is 0.00873. The fourth-order valence-electron chi connectivity index (χ4n) is 3.12. The Hall–Kier alpha value is -2.50. The highest BCUT2D eigenvalue weighted by atomic mass is 32.1. The van der Waals surface area contributed by atoms with Crippen molar-refractivity contribution in [1.82, 2.24) is 9.88 Å². The Bertz CT molecular complexity index is 834. The summed E-state index contributed by atoms with van der Waals surface area (Å²) in [6.07, 6.45) is 0. The van der Waals surface area contributed by atoms with Crippen molar-refractivity contribution in [3.8, 4) is 6.07 Å². The van der Waals surface area contributed by atoms with Gasteiger partial charge in [-0.3, -0.25) is 15.0 Å². The summed E-state index contributed by atoms with van der Waals surface area (Å²) >= 11 is 1.66. The minimum atomic E-state index is -0.416. The van der Waals surface area contributed by atoms with E-state index in [4.69, 9.17) is 5.26 Å². The Morgan fingerprint density at radius 1 is 1.32 bits per heavy atom. The van der Waals surface area contributed by atoms with E-state index in [2.05, 4.69) is 20.2 Å². The van der Waals surface area contributed by atoms with Crippen molar-refractivity contribution in [3.05, 3.63) is 49.5 Å². The van der Waals surface area contributed by atoms with E-state index < -0.39 is 4.92 Å². The maximum atomic E-state index is 11.2. The smallest absolute Gasteiger partial charge is 0.275 e. The molecular formula is C17H19N5O2S. The molecule has 0 amide bonds. The van der Waals surface area contributed by atoms with Crippen molar-refractivity contribution in [3.63, 3.8) is 0 Å². The summed E-state index contributed by atoms with van der Waals surface area (Å²) in [5.74, 6) is 0. The standard InChI is InChI=1S/C17H19N5O2S/c1-12-16(7-14(9-18)8-17(12)22(23)24)21-5-3-20(4-6-21)10-15-11-25-13(2)19-15/h7-8,11H,3-6,10H2,1-2H3. The molecule has 2 heterocycles. The van der Waals surface area contributed by atoms with Crippen LogP contribution in [0.25, 0.3) is 0 Å². The number of hydrogen-bond acceptors (Lipinski definition) is 7. The van der Waals surface area contributed by atoms with Gasteiger partial charge in [0, 0.05) is 49.9 Å². The molecule has 0 atom stereocenters. The summed E-state index contributed by atoms with van der Waals surface area (Å²) < 4.78 is 0. The SMILES string of the molecule is Cc1nc(CN2CCN(c3cc(C#N)cc([N+](=O)[O-])c3C)CC2)cs1. The number of rotatable bonds is 4. The van der Waals surface area contributed by atoms with Gasteiger partial charge in [-0.15, -0.1) is 11.3 Å². The molecule has 2 aromatic rings. The highest BCUT2D eigenvalue weighted by Gasteiger charge is 2.23. The topological polar surface area (TPSA) is 86.3 Å². The van der Waals surface area contributed by atoms with Gasteiger partial charge in [-0.1, -0.05) is 0 Å². The summed E-state index contributed by atoms with van der Waals surface area (Å²) in [4.78, 5) is 19.8. The third-order valence-electron chi connectivity index (χ3n) is 4.44. The van der Waals surface area contributed by atoms with E-state index in [1.807, 2.05) is 13.0 Å². The van der Waals surface area contributed by atoms with Crippen molar-refractivity contribution in [2.45, 2.75) is 20.4 Å². The molecule has 1 aliphatic rings. The van der Waals surface area contributed by atoms with Crippen LogP contribution in [0.1, 0.15) is 21.8 Å². The fraction of sp³-hybridized carbons (Fsp3) is 0.412. The predicted molar refractivity (Wildman–Crippen MR) is 96.9 cm³/mol. The number of anilines is 1. The Kier molecular flexibility index (Phi) is 4.97. The number of thiazole rings is 1. The quantitative estimate of drug-likeness (QED) is 0.618. The first kappa shape index (κ1) is 17.3. The number of piperazine rings is 1. The molecule has 1 aliphatic heterocycles. The molecule has 1 fully saturated rings. The van der Waals surface area contributed by atoms with Crippen LogP contribution in [0, 0.1) is 35.3 Å². The number of nitro groups is 1. The summed E-state index contributed by atoms with van der Waals surface area (Å²) in [7, 11) is 0. The number of hydrogen-bond donors (Lipinski definition) is 0. The number of aryl methyl sites for hydroxylation is 1. The van der Waals surface area contributed by atoms with Gasteiger partial charge < -0.3 is 4.90 Å². The summed E-state index contributed by atoms with van der Waals surface area (Å²) in [5.41, 5.74) is 2.83. The van der Waals surface area contributed by atoms with Crippen LogP contribution < -0.4 is 4.90 Å². The first-order valence-electron chi connectivity index (χ1n) is 8.05. The number of benzene rings is 1. The van der Waals surface area contributed by atoms with Crippen molar-refractivity contribution in [1.29, 1.82) is 5.26 Å². The predicted octanol–water partition coefficient (Wildman–Crippen LogP) is 2.86. The van der Waals surface area contributed by atoms with Gasteiger partial charge >= 0.3 is 0 Å². The molecule has 3 rings (SSSR count). The van der Waals surface area contributed by atoms with Gasteiger partial charge in [-0.05, 0) is 19.9 Å². The lowest BCUT2D eigenvalue weighted by Crippen LogP contribution is -2.46. The van der Waals surface area contributed by atoms with E-state index in [0.29, 0.717) is 11.1 Å². The number of nitro benzene ring substituents is 1. The Balaban J connectivity index is 1.73. The van der Waals surface area contributed by atoms with E-state index in [9.17, 15) is 10.1 Å². The van der Waals surface area contributed by atoms with E-state index >= 15 is 0 Å². The number of aromatic nitrogens is 1. The second kappa shape index (κ2) is 7.17. The molecule has 8 heteroatoms. The first-order valence-corrected chi connectivity index (χ1v) is 8.93. The van der Waals surface area contributed by atoms with E-state index in [0.717, 1.165) is 49.1 Å². The largest absolute Gasteiger partial charge is 0.369 e. The van der Waals surface area contributed by atoms with Gasteiger partial charge in [0.15, 0.2) is 0 Å². The van der Waals surface area contributed by atoms with Crippen molar-refractivity contribution < 1.29 is 4.92 Å². The summed E-state index contributed by atoms with van der Waals surface area (Å²) in [6.45, 7) is 7.85. The van der Waals surface area contributed by atoms with Crippen molar-refractivity contribution >= 4 is 22.7 Å². The molecule has 0 bridgehead atoms. The summed E-state index contributed by atoms with van der Waals surface area (Å²) in [5, 5.41) is 23.6. The zero-order valence-corrected chi connectivity index (χ0v) is 15.0. The van der Waals surface area contributed by atoms with Gasteiger partial charge in [0.25, 0.3) is 5.69 Å². The van der Waals surface area contributed by atoms with Gasteiger partial charge in [-0.2, -0.15) is 5.26 Å². The Morgan fingerprint density at radius 2 is 2.04 bits per heavy atom. The lowest BCUT2D eigenvalue weighted by atomic mass is 10.1. The van der Waals surface area contributed by atoms with Gasteiger partial charge in [0.2, 0.25) is 0 Å². The molecule has 1 aromatic heterocycles. The summed E-state index contributed by atoms with van der Waals surface area (Å²) in [6, 6.07) is 5.12. The third kappa shape index (κ3) is 3.78. The molecular weight excluding hydrogens is 338 g/mol. The Labute approximate surface area is 150 Å². The van der Waals surface area contributed by atoms with E-state index in [-0.39, 0.29) is 5.69 Å². The van der Waals surface area contributed by atoms with Gasteiger partial charge in [0.1, 0.15) is 0 Å².